The molecule has 0 radical (unpaired) electrons. The molecule has 1 aromatic heterocycles. The summed E-state index contributed by atoms with van der Waals surface area (Å²) in [6, 6.07) is 7.72. The molecule has 34 heavy (non-hydrogen) atoms. The third-order valence-corrected chi connectivity index (χ3v) is 6.85. The fraction of sp³-hybridized carbons (Fsp3) is 0.571. The lowest BCUT2D eigenvalue weighted by molar-refractivity contribution is 0.0910. The topological polar surface area (TPSA) is 103 Å². The Kier molecular flexibility index (Phi) is 8.95. The van der Waals surface area contributed by atoms with Crippen LogP contribution in [0.15, 0.2) is 24.3 Å². The number of amides is 1. The van der Waals surface area contributed by atoms with Crippen molar-refractivity contribution in [1.82, 2.24) is 4.57 Å². The summed E-state index contributed by atoms with van der Waals surface area (Å²) in [5.41, 5.74) is 16.3. The number of nitrogens with one attached hydrogen (secondary N) is 1. The lowest BCUT2D eigenvalue weighted by Crippen LogP contribution is -2.27. The Morgan fingerprint density at radius 2 is 1.65 bits per heavy atom. The zero-order valence-electron chi connectivity index (χ0n) is 21.2. The molecule has 0 saturated carbocycles. The number of nitrogens with zero attached hydrogens (tertiary/aromatic N) is 1. The molecule has 1 aromatic carbocycles. The van der Waals surface area contributed by atoms with Gasteiger partial charge in [-0.2, -0.15) is 0 Å². The molecule has 0 atom stereocenters. The minimum absolute atomic E-state index is 0.0642. The molecule has 6 heteroatoms. The highest BCUT2D eigenvalue weighted by Crippen LogP contribution is 2.38. The van der Waals surface area contributed by atoms with Crippen LogP contribution in [0.2, 0.25) is 0 Å². The van der Waals surface area contributed by atoms with Gasteiger partial charge in [-0.15, -0.1) is 0 Å². The number of anilines is 1. The Morgan fingerprint density at radius 3 is 2.29 bits per heavy atom. The molecule has 3 rings (SSSR count). The minimum atomic E-state index is -0.436. The van der Waals surface area contributed by atoms with E-state index in [0.29, 0.717) is 12.0 Å². The number of aryl methyl sites for hydroxylation is 1. The van der Waals surface area contributed by atoms with Gasteiger partial charge < -0.3 is 21.4 Å². The van der Waals surface area contributed by atoms with Crippen LogP contribution in [0.5, 0.6) is 0 Å². The first kappa shape index (κ1) is 26.0. The minimum Gasteiger partial charge on any atom is -0.384 e. The van der Waals surface area contributed by atoms with Crippen molar-refractivity contribution >= 4 is 17.4 Å². The number of ketones is 1. The number of nitrogens with two attached hydrogens (primary N) is 2. The molecular formula is C28H42N4O2. The maximum atomic E-state index is 12.7. The van der Waals surface area contributed by atoms with E-state index in [0.717, 1.165) is 67.1 Å². The first-order valence-electron chi connectivity index (χ1n) is 12.9. The Labute approximate surface area is 204 Å². The van der Waals surface area contributed by atoms with Crippen LogP contribution in [0.1, 0.15) is 104 Å². The number of benzene rings is 1. The van der Waals surface area contributed by atoms with Crippen LogP contribution in [0, 0.1) is 12.3 Å². The summed E-state index contributed by atoms with van der Waals surface area (Å²) in [6.45, 7) is 7.91. The van der Waals surface area contributed by atoms with E-state index < -0.39 is 5.91 Å². The molecule has 0 saturated heterocycles. The number of hydrogen-bond acceptors (Lipinski definition) is 4. The number of fused-ring (bicyclic) bond motifs is 1. The van der Waals surface area contributed by atoms with Gasteiger partial charge in [0.15, 0.2) is 5.78 Å². The molecule has 186 valence electrons. The number of unbranched alkanes of at least 4 members (excludes halogenated alkanes) is 7. The Balaban J connectivity index is 1.67. The third-order valence-electron chi connectivity index (χ3n) is 6.85. The molecule has 1 heterocycles. The van der Waals surface area contributed by atoms with E-state index in [4.69, 9.17) is 11.5 Å². The number of primary amides is 1. The maximum absolute atomic E-state index is 12.7. The van der Waals surface area contributed by atoms with Gasteiger partial charge in [-0.25, -0.2) is 0 Å². The van der Waals surface area contributed by atoms with Crippen molar-refractivity contribution in [3.8, 4) is 5.69 Å². The molecular weight excluding hydrogens is 424 g/mol. The zero-order valence-corrected chi connectivity index (χ0v) is 21.2. The highest BCUT2D eigenvalue weighted by atomic mass is 16.1. The Bertz CT molecular complexity index is 1010. The second kappa shape index (κ2) is 11.7. The molecule has 0 fully saturated rings. The average Bonchev–Trinajstić information content (AvgIpc) is 3.09. The van der Waals surface area contributed by atoms with Gasteiger partial charge in [0.2, 0.25) is 0 Å². The third kappa shape index (κ3) is 6.50. The number of carbonyl (C=O) groups excluding carboxylic acids is 2. The van der Waals surface area contributed by atoms with Crippen molar-refractivity contribution in [3.63, 3.8) is 0 Å². The predicted octanol–water partition coefficient (Wildman–Crippen LogP) is 5.53. The highest BCUT2D eigenvalue weighted by Gasteiger charge is 2.34. The average molecular weight is 467 g/mol. The van der Waals surface area contributed by atoms with Gasteiger partial charge in [0, 0.05) is 41.3 Å². The van der Waals surface area contributed by atoms with Gasteiger partial charge in [-0.05, 0) is 62.4 Å². The van der Waals surface area contributed by atoms with Crippen LogP contribution >= 0.6 is 0 Å². The summed E-state index contributed by atoms with van der Waals surface area (Å²) < 4.78 is 2.16. The van der Waals surface area contributed by atoms with Crippen molar-refractivity contribution in [2.75, 3.05) is 18.4 Å². The van der Waals surface area contributed by atoms with Gasteiger partial charge in [0.25, 0.3) is 5.91 Å². The summed E-state index contributed by atoms with van der Waals surface area (Å²) in [5.74, 6) is -0.228. The van der Waals surface area contributed by atoms with Gasteiger partial charge in [-0.3, -0.25) is 9.59 Å². The van der Waals surface area contributed by atoms with E-state index in [-0.39, 0.29) is 11.2 Å². The predicted molar refractivity (Wildman–Crippen MR) is 140 cm³/mol. The quantitative estimate of drug-likeness (QED) is 0.338. The second-order valence-corrected chi connectivity index (χ2v) is 10.6. The first-order chi connectivity index (χ1) is 16.2. The summed E-state index contributed by atoms with van der Waals surface area (Å²) in [6.07, 6.45) is 11.0. The summed E-state index contributed by atoms with van der Waals surface area (Å²) >= 11 is 0. The number of carbonyl (C=O) groups is 2. The normalized spacial score (nSPS) is 14.8. The van der Waals surface area contributed by atoms with Crippen LogP contribution in [0.25, 0.3) is 5.69 Å². The maximum Gasteiger partial charge on any atom is 0.250 e. The Morgan fingerprint density at radius 1 is 1.00 bits per heavy atom. The fourth-order valence-corrected chi connectivity index (χ4v) is 5.10. The molecule has 1 amide bonds. The van der Waals surface area contributed by atoms with E-state index in [1.807, 2.05) is 25.1 Å². The molecule has 1 aliphatic rings. The van der Waals surface area contributed by atoms with Crippen LogP contribution in [-0.4, -0.2) is 29.3 Å². The molecule has 6 nitrogen and oxygen atoms in total. The number of Topliss-reactive ketones (excluding diaryl/α,β-unsaturated/α-hetero) is 1. The summed E-state index contributed by atoms with van der Waals surface area (Å²) in [5, 5.41) is 3.45. The number of aromatic nitrogens is 1. The number of rotatable bonds is 13. The van der Waals surface area contributed by atoms with Crippen molar-refractivity contribution in [2.24, 2.45) is 16.9 Å². The highest BCUT2D eigenvalue weighted by molar-refractivity contribution is 6.00. The fourth-order valence-electron chi connectivity index (χ4n) is 5.10. The smallest absolute Gasteiger partial charge is 0.250 e. The van der Waals surface area contributed by atoms with E-state index in [2.05, 4.69) is 23.7 Å². The van der Waals surface area contributed by atoms with Crippen molar-refractivity contribution in [2.45, 2.75) is 85.0 Å². The van der Waals surface area contributed by atoms with E-state index in [1.54, 1.807) is 6.07 Å². The van der Waals surface area contributed by atoms with Crippen LogP contribution in [0.3, 0.4) is 0 Å². The van der Waals surface area contributed by atoms with Crippen LogP contribution in [0.4, 0.5) is 5.69 Å². The van der Waals surface area contributed by atoms with Crippen molar-refractivity contribution in [3.05, 3.63) is 46.8 Å². The summed E-state index contributed by atoms with van der Waals surface area (Å²) in [7, 11) is 0. The second-order valence-electron chi connectivity index (χ2n) is 10.6. The lowest BCUT2D eigenvalue weighted by Gasteiger charge is -2.30. The van der Waals surface area contributed by atoms with E-state index >= 15 is 0 Å². The largest absolute Gasteiger partial charge is 0.384 e. The van der Waals surface area contributed by atoms with Crippen LogP contribution < -0.4 is 16.8 Å². The molecule has 0 aliphatic heterocycles. The van der Waals surface area contributed by atoms with Crippen molar-refractivity contribution < 1.29 is 9.59 Å². The van der Waals surface area contributed by atoms with E-state index in [9.17, 15) is 9.59 Å². The molecule has 1 aliphatic carbocycles. The van der Waals surface area contributed by atoms with Gasteiger partial charge in [-0.1, -0.05) is 52.4 Å². The van der Waals surface area contributed by atoms with Gasteiger partial charge in [0.1, 0.15) is 0 Å². The molecule has 0 bridgehead atoms. The van der Waals surface area contributed by atoms with Crippen LogP contribution in [-0.2, 0) is 6.42 Å². The zero-order chi connectivity index (χ0) is 24.7. The SMILES string of the molecule is Cc1cc2c(n1-c1ccc(C(N)=O)c(NCCCCCCCCCCN)c1)CC(C)(C)CC2=O. The summed E-state index contributed by atoms with van der Waals surface area (Å²) in [4.78, 5) is 24.8. The first-order valence-corrected chi connectivity index (χ1v) is 12.9. The molecule has 2 aromatic rings. The lowest BCUT2D eigenvalue weighted by atomic mass is 9.76. The molecule has 5 N–H and O–H groups in total. The monoisotopic (exact) mass is 466 g/mol. The number of hydrogen-bond donors (Lipinski definition) is 3. The van der Waals surface area contributed by atoms with Crippen molar-refractivity contribution in [1.29, 1.82) is 0 Å². The molecule has 0 unspecified atom stereocenters. The van der Waals surface area contributed by atoms with E-state index in [1.165, 1.54) is 32.1 Å². The van der Waals surface area contributed by atoms with Gasteiger partial charge in [0.05, 0.1) is 5.56 Å². The van der Waals surface area contributed by atoms with Gasteiger partial charge >= 0.3 is 0 Å². The standard InChI is InChI=1S/C28H42N4O2/c1-20-16-23-25(18-28(2,3)19-26(23)33)32(20)21-12-13-22(27(30)34)24(17-21)31-15-11-9-7-5-4-6-8-10-14-29/h12-13,16-17,31H,4-11,14-15,18-19,29H2,1-3H3,(H2,30,34). The Hall–Kier alpha value is -2.60. The molecule has 0 spiro atoms.